The van der Waals surface area contributed by atoms with Crippen molar-refractivity contribution in [3.8, 4) is 11.5 Å². The van der Waals surface area contributed by atoms with E-state index in [-0.39, 0.29) is 12.7 Å². The van der Waals surface area contributed by atoms with Gasteiger partial charge in [-0.25, -0.2) is 0 Å². The van der Waals surface area contributed by atoms with E-state index in [9.17, 15) is 5.11 Å². The van der Waals surface area contributed by atoms with Crippen LogP contribution in [0.25, 0.3) is 12.2 Å². The molecule has 122 valence electrons. The summed E-state index contributed by atoms with van der Waals surface area (Å²) in [6, 6.07) is 5.89. The van der Waals surface area contributed by atoms with Crippen molar-refractivity contribution in [1.29, 1.82) is 0 Å². The number of benzene rings is 1. The number of methoxy groups -OCH3 is 1. The Balaban J connectivity index is 1.79. The molecule has 1 aliphatic carbocycles. The largest absolute Gasteiger partial charge is 0.493 e. The van der Waals surface area contributed by atoms with Crippen molar-refractivity contribution < 1.29 is 14.6 Å². The summed E-state index contributed by atoms with van der Waals surface area (Å²) in [5.74, 6) is 1.54. The Kier molecular flexibility index (Phi) is 4.98. The average molecular weight is 314 g/mol. The maximum Gasteiger partial charge on any atom is 0.162 e. The number of aliphatic hydroxyl groups is 1. The Morgan fingerprint density at radius 1 is 1.26 bits per heavy atom. The maximum absolute atomic E-state index is 9.25. The Labute approximate surface area is 135 Å². The van der Waals surface area contributed by atoms with Crippen LogP contribution in [0.4, 0.5) is 0 Å². The Morgan fingerprint density at radius 2 is 2.09 bits per heavy atom. The Hall–Kier alpha value is -2.27. The first-order valence-electron chi connectivity index (χ1n) is 7.96. The number of aliphatic hydroxyl groups excluding tert-OH is 1. The minimum Gasteiger partial charge on any atom is -0.493 e. The molecule has 5 heteroatoms. The second-order valence-electron chi connectivity index (χ2n) is 5.73. The van der Waals surface area contributed by atoms with Gasteiger partial charge in [0, 0.05) is 5.56 Å². The van der Waals surface area contributed by atoms with E-state index >= 15 is 0 Å². The molecule has 0 radical (unpaired) electrons. The van der Waals surface area contributed by atoms with E-state index in [1.165, 1.54) is 12.8 Å². The molecule has 5 nitrogen and oxygen atoms in total. The zero-order valence-corrected chi connectivity index (χ0v) is 13.3. The van der Waals surface area contributed by atoms with Crippen molar-refractivity contribution >= 4 is 12.2 Å². The molecule has 0 unspecified atom stereocenters. The van der Waals surface area contributed by atoms with Gasteiger partial charge in [0.15, 0.2) is 11.5 Å². The van der Waals surface area contributed by atoms with Crippen LogP contribution in [0.15, 0.2) is 24.4 Å². The standard InChI is InChI=1S/C18H22N2O3/c1-22-17-9-7-13(6-8-16-14(12-21)11-19-20-16)10-18(17)23-15-4-2-3-5-15/h6-11,15,21H,2-5,12H2,1H3,(H,19,20)/b8-6+. The fourth-order valence-corrected chi connectivity index (χ4v) is 2.85. The molecular weight excluding hydrogens is 292 g/mol. The minimum absolute atomic E-state index is 0.0329. The van der Waals surface area contributed by atoms with Gasteiger partial charge >= 0.3 is 0 Å². The molecule has 2 N–H and O–H groups in total. The van der Waals surface area contributed by atoms with Crippen LogP contribution in [0.2, 0.25) is 0 Å². The summed E-state index contributed by atoms with van der Waals surface area (Å²) >= 11 is 0. The highest BCUT2D eigenvalue weighted by atomic mass is 16.5. The lowest BCUT2D eigenvalue weighted by Crippen LogP contribution is -2.11. The third kappa shape index (κ3) is 3.74. The highest BCUT2D eigenvalue weighted by Gasteiger charge is 2.18. The van der Waals surface area contributed by atoms with Crippen LogP contribution in [0.5, 0.6) is 11.5 Å². The summed E-state index contributed by atoms with van der Waals surface area (Å²) in [7, 11) is 1.66. The van der Waals surface area contributed by atoms with E-state index in [4.69, 9.17) is 9.47 Å². The van der Waals surface area contributed by atoms with Crippen molar-refractivity contribution in [3.05, 3.63) is 41.2 Å². The molecular formula is C18H22N2O3. The van der Waals surface area contributed by atoms with Crippen molar-refractivity contribution in [1.82, 2.24) is 10.2 Å². The van der Waals surface area contributed by atoms with Crippen molar-refractivity contribution in [3.63, 3.8) is 0 Å². The second-order valence-corrected chi connectivity index (χ2v) is 5.73. The predicted octanol–water partition coefficient (Wildman–Crippen LogP) is 3.40. The van der Waals surface area contributed by atoms with E-state index in [1.807, 2.05) is 30.4 Å². The minimum atomic E-state index is -0.0329. The predicted molar refractivity (Wildman–Crippen MR) is 89.3 cm³/mol. The van der Waals surface area contributed by atoms with Crippen LogP contribution >= 0.6 is 0 Å². The van der Waals surface area contributed by atoms with Gasteiger partial charge in [-0.1, -0.05) is 12.1 Å². The van der Waals surface area contributed by atoms with Crippen LogP contribution in [0.1, 0.15) is 42.5 Å². The number of H-pyrrole nitrogens is 1. The normalized spacial score (nSPS) is 15.4. The highest BCUT2D eigenvalue weighted by molar-refractivity contribution is 5.70. The molecule has 0 atom stereocenters. The maximum atomic E-state index is 9.25. The van der Waals surface area contributed by atoms with Crippen LogP contribution < -0.4 is 9.47 Å². The molecule has 1 saturated carbocycles. The molecule has 0 aliphatic heterocycles. The Morgan fingerprint density at radius 3 is 2.83 bits per heavy atom. The van der Waals surface area contributed by atoms with Crippen LogP contribution in [0, 0.1) is 0 Å². The van der Waals surface area contributed by atoms with Crippen molar-refractivity contribution in [2.45, 2.75) is 38.4 Å². The summed E-state index contributed by atoms with van der Waals surface area (Å²) < 4.78 is 11.5. The first-order chi connectivity index (χ1) is 11.3. The van der Waals surface area contributed by atoms with Gasteiger partial charge in [-0.15, -0.1) is 0 Å². The number of hydrogen-bond donors (Lipinski definition) is 2. The van der Waals surface area contributed by atoms with Gasteiger partial charge in [0.05, 0.1) is 31.7 Å². The number of nitrogens with one attached hydrogen (secondary N) is 1. The lowest BCUT2D eigenvalue weighted by molar-refractivity contribution is 0.201. The number of ether oxygens (including phenoxy) is 2. The lowest BCUT2D eigenvalue weighted by atomic mass is 10.1. The van der Waals surface area contributed by atoms with Crippen LogP contribution in [-0.2, 0) is 6.61 Å². The highest BCUT2D eigenvalue weighted by Crippen LogP contribution is 2.32. The number of aromatic amines is 1. The molecule has 0 bridgehead atoms. The van der Waals surface area contributed by atoms with E-state index in [0.717, 1.165) is 41.2 Å². The molecule has 0 spiro atoms. The first-order valence-corrected chi connectivity index (χ1v) is 7.96. The summed E-state index contributed by atoms with van der Waals surface area (Å²) in [6.45, 7) is -0.0329. The zero-order chi connectivity index (χ0) is 16.1. The van der Waals surface area contributed by atoms with Gasteiger partial charge in [-0.2, -0.15) is 5.10 Å². The number of hydrogen-bond acceptors (Lipinski definition) is 4. The first kappa shape index (κ1) is 15.6. The molecule has 1 fully saturated rings. The second kappa shape index (κ2) is 7.33. The van der Waals surface area contributed by atoms with Gasteiger partial charge in [-0.05, 0) is 49.5 Å². The fraction of sp³-hybridized carbons (Fsp3) is 0.389. The Bertz CT molecular complexity index is 673. The number of rotatable bonds is 6. The van der Waals surface area contributed by atoms with Gasteiger partial charge in [0.2, 0.25) is 0 Å². The molecule has 2 aromatic rings. The number of nitrogens with zero attached hydrogens (tertiary/aromatic N) is 1. The third-order valence-electron chi connectivity index (χ3n) is 4.15. The van der Waals surface area contributed by atoms with E-state index < -0.39 is 0 Å². The third-order valence-corrected chi connectivity index (χ3v) is 4.15. The molecule has 1 aromatic carbocycles. The fourth-order valence-electron chi connectivity index (χ4n) is 2.85. The molecule has 0 saturated heterocycles. The summed E-state index contributed by atoms with van der Waals surface area (Å²) in [5.41, 5.74) is 2.59. The SMILES string of the molecule is COc1ccc(/C=C/c2[nH]ncc2CO)cc1OC1CCCC1. The molecule has 1 heterocycles. The van der Waals surface area contributed by atoms with E-state index in [0.29, 0.717) is 0 Å². The van der Waals surface area contributed by atoms with Gasteiger partial charge < -0.3 is 14.6 Å². The number of aromatic nitrogens is 2. The lowest BCUT2D eigenvalue weighted by Gasteiger charge is -2.16. The van der Waals surface area contributed by atoms with Gasteiger partial charge in [-0.3, -0.25) is 5.10 Å². The average Bonchev–Trinajstić information content (AvgIpc) is 3.24. The van der Waals surface area contributed by atoms with Crippen molar-refractivity contribution in [2.75, 3.05) is 7.11 Å². The quantitative estimate of drug-likeness (QED) is 0.857. The summed E-state index contributed by atoms with van der Waals surface area (Å²) in [5, 5.41) is 16.1. The van der Waals surface area contributed by atoms with Crippen LogP contribution in [0.3, 0.4) is 0 Å². The van der Waals surface area contributed by atoms with E-state index in [1.54, 1.807) is 13.3 Å². The zero-order valence-electron chi connectivity index (χ0n) is 13.3. The van der Waals surface area contributed by atoms with E-state index in [2.05, 4.69) is 10.2 Å². The van der Waals surface area contributed by atoms with Crippen molar-refractivity contribution in [2.24, 2.45) is 0 Å². The molecule has 0 amide bonds. The molecule has 3 rings (SSSR count). The molecule has 1 aromatic heterocycles. The smallest absolute Gasteiger partial charge is 0.162 e. The topological polar surface area (TPSA) is 67.4 Å². The molecule has 23 heavy (non-hydrogen) atoms. The van der Waals surface area contributed by atoms with Crippen LogP contribution in [-0.4, -0.2) is 28.5 Å². The summed E-state index contributed by atoms with van der Waals surface area (Å²) in [6.07, 6.45) is 10.5. The monoisotopic (exact) mass is 314 g/mol. The summed E-state index contributed by atoms with van der Waals surface area (Å²) in [4.78, 5) is 0. The van der Waals surface area contributed by atoms with Gasteiger partial charge in [0.25, 0.3) is 0 Å². The molecule has 1 aliphatic rings. The van der Waals surface area contributed by atoms with Gasteiger partial charge in [0.1, 0.15) is 0 Å².